The molecule has 4 aromatic rings. The zero-order valence-corrected chi connectivity index (χ0v) is 22.4. The van der Waals surface area contributed by atoms with Gasteiger partial charge in [-0.15, -0.1) is 0 Å². The Balaban J connectivity index is 1.27. The van der Waals surface area contributed by atoms with Gasteiger partial charge in [-0.1, -0.05) is 50.2 Å². The normalized spacial score (nSPS) is 15.8. The highest BCUT2D eigenvalue weighted by Gasteiger charge is 2.35. The summed E-state index contributed by atoms with van der Waals surface area (Å²) >= 11 is 0. The number of ether oxygens (including phenoxy) is 1. The fourth-order valence-corrected chi connectivity index (χ4v) is 5.29. The second-order valence-corrected chi connectivity index (χ2v) is 10.5. The lowest BCUT2D eigenvalue weighted by atomic mass is 10.0. The zero-order chi connectivity index (χ0) is 25.9. The standard InChI is InChI=1S/C32H37N3O2/c1-22(2)25-14-16-27(17-15-25)37-19-8-7-18-34-30-12-6-5-11-28(30)33-32(34)26-20-31(36)35(21-26)29-13-9-10-23(3)24(29)4/h5-6,9-17,22,26H,7-8,18-21H2,1-4H3. The zero-order valence-electron chi connectivity index (χ0n) is 22.4. The van der Waals surface area contributed by atoms with Crippen molar-refractivity contribution in [1.82, 2.24) is 9.55 Å². The first kappa shape index (κ1) is 25.1. The molecule has 0 saturated carbocycles. The SMILES string of the molecule is Cc1cccc(N2CC(c3nc4ccccc4n3CCCCOc3ccc(C(C)C)cc3)CC2=O)c1C. The molecule has 0 spiro atoms. The number of fused-ring (bicyclic) bond motifs is 1. The van der Waals surface area contributed by atoms with E-state index in [1.807, 2.05) is 17.0 Å². The van der Waals surface area contributed by atoms with E-state index in [1.165, 1.54) is 16.7 Å². The van der Waals surface area contributed by atoms with Crippen molar-refractivity contribution in [2.24, 2.45) is 0 Å². The highest BCUT2D eigenvalue weighted by atomic mass is 16.5. The number of benzene rings is 3. The summed E-state index contributed by atoms with van der Waals surface area (Å²) in [5.41, 5.74) is 6.86. The van der Waals surface area contributed by atoms with Gasteiger partial charge in [-0.05, 0) is 79.6 Å². The van der Waals surface area contributed by atoms with Crippen LogP contribution in [0.25, 0.3) is 11.0 Å². The van der Waals surface area contributed by atoms with Crippen molar-refractivity contribution >= 4 is 22.6 Å². The lowest BCUT2D eigenvalue weighted by Gasteiger charge is -2.20. The molecule has 0 N–H and O–H groups in total. The third-order valence-electron chi connectivity index (χ3n) is 7.63. The second kappa shape index (κ2) is 10.8. The molecule has 1 fully saturated rings. The number of nitrogens with zero attached hydrogens (tertiary/aromatic N) is 3. The van der Waals surface area contributed by atoms with Crippen molar-refractivity contribution in [1.29, 1.82) is 0 Å². The maximum Gasteiger partial charge on any atom is 0.227 e. The van der Waals surface area contributed by atoms with Gasteiger partial charge in [0.05, 0.1) is 17.6 Å². The molecule has 1 atom stereocenters. The van der Waals surface area contributed by atoms with Gasteiger partial charge in [0.15, 0.2) is 0 Å². The van der Waals surface area contributed by atoms with Crippen LogP contribution in [0.3, 0.4) is 0 Å². The van der Waals surface area contributed by atoms with Crippen molar-refractivity contribution in [2.45, 2.75) is 65.3 Å². The summed E-state index contributed by atoms with van der Waals surface area (Å²) in [5.74, 6) is 2.72. The topological polar surface area (TPSA) is 47.4 Å². The summed E-state index contributed by atoms with van der Waals surface area (Å²) in [5, 5.41) is 0. The minimum atomic E-state index is 0.0792. The van der Waals surface area contributed by atoms with Gasteiger partial charge in [-0.2, -0.15) is 0 Å². The Morgan fingerprint density at radius 2 is 1.76 bits per heavy atom. The van der Waals surface area contributed by atoms with Crippen LogP contribution in [0.15, 0.2) is 66.7 Å². The number of anilines is 1. The number of carbonyl (C=O) groups excluding carboxylic acids is 1. The Labute approximate surface area is 220 Å². The summed E-state index contributed by atoms with van der Waals surface area (Å²) in [4.78, 5) is 20.1. The van der Waals surface area contributed by atoms with E-state index in [0.717, 1.165) is 47.7 Å². The number of unbranched alkanes of at least 4 members (excludes halogenated alkanes) is 1. The Hall–Kier alpha value is -3.60. The van der Waals surface area contributed by atoms with E-state index in [2.05, 4.69) is 86.9 Å². The lowest BCUT2D eigenvalue weighted by molar-refractivity contribution is -0.117. The van der Waals surface area contributed by atoms with E-state index in [9.17, 15) is 4.79 Å². The third kappa shape index (κ3) is 5.27. The largest absolute Gasteiger partial charge is 0.494 e. The second-order valence-electron chi connectivity index (χ2n) is 10.5. The van der Waals surface area contributed by atoms with E-state index in [0.29, 0.717) is 25.5 Å². The first-order valence-corrected chi connectivity index (χ1v) is 13.5. The average molecular weight is 496 g/mol. The maximum absolute atomic E-state index is 13.1. The van der Waals surface area contributed by atoms with Crippen molar-refractivity contribution in [3.05, 3.63) is 89.2 Å². The number of rotatable bonds is 9. The van der Waals surface area contributed by atoms with Gasteiger partial charge in [0.25, 0.3) is 0 Å². The van der Waals surface area contributed by atoms with Crippen LogP contribution in [0.5, 0.6) is 5.75 Å². The summed E-state index contributed by atoms with van der Waals surface area (Å²) in [6.07, 6.45) is 2.43. The van der Waals surface area contributed by atoms with Crippen LogP contribution in [-0.2, 0) is 11.3 Å². The molecule has 192 valence electrons. The Morgan fingerprint density at radius 3 is 2.54 bits per heavy atom. The summed E-state index contributed by atoms with van der Waals surface area (Å²) in [7, 11) is 0. The lowest BCUT2D eigenvalue weighted by Crippen LogP contribution is -2.25. The molecular weight excluding hydrogens is 458 g/mol. The van der Waals surface area contributed by atoms with E-state index in [1.54, 1.807) is 0 Å². The maximum atomic E-state index is 13.1. The van der Waals surface area contributed by atoms with Crippen LogP contribution < -0.4 is 9.64 Å². The number of hydrogen-bond acceptors (Lipinski definition) is 3. The fourth-order valence-electron chi connectivity index (χ4n) is 5.29. The van der Waals surface area contributed by atoms with E-state index in [4.69, 9.17) is 9.72 Å². The molecule has 1 aliphatic heterocycles. The number of imidazole rings is 1. The molecule has 3 aromatic carbocycles. The highest BCUT2D eigenvalue weighted by molar-refractivity contribution is 5.97. The summed E-state index contributed by atoms with van der Waals surface area (Å²) in [6, 6.07) is 22.9. The van der Waals surface area contributed by atoms with Gasteiger partial charge < -0.3 is 14.2 Å². The van der Waals surface area contributed by atoms with Gasteiger partial charge in [0, 0.05) is 31.1 Å². The van der Waals surface area contributed by atoms with Gasteiger partial charge in [0.2, 0.25) is 5.91 Å². The quantitative estimate of drug-likeness (QED) is 0.232. The van der Waals surface area contributed by atoms with Crippen LogP contribution in [0.2, 0.25) is 0 Å². The molecule has 0 aliphatic carbocycles. The molecule has 1 aliphatic rings. The van der Waals surface area contributed by atoms with Gasteiger partial charge in [0.1, 0.15) is 11.6 Å². The molecule has 5 heteroatoms. The average Bonchev–Trinajstić information content (AvgIpc) is 3.46. The molecule has 1 saturated heterocycles. The predicted octanol–water partition coefficient (Wildman–Crippen LogP) is 7.16. The van der Waals surface area contributed by atoms with Gasteiger partial charge >= 0.3 is 0 Å². The molecule has 2 heterocycles. The molecule has 5 nitrogen and oxygen atoms in total. The minimum Gasteiger partial charge on any atom is -0.494 e. The minimum absolute atomic E-state index is 0.0792. The first-order chi connectivity index (χ1) is 17.9. The number of aromatic nitrogens is 2. The smallest absolute Gasteiger partial charge is 0.227 e. The Bertz CT molecular complexity index is 1390. The van der Waals surface area contributed by atoms with Crippen LogP contribution in [0, 0.1) is 13.8 Å². The van der Waals surface area contributed by atoms with E-state index >= 15 is 0 Å². The number of aryl methyl sites for hydroxylation is 2. The molecule has 37 heavy (non-hydrogen) atoms. The molecule has 1 unspecified atom stereocenters. The molecule has 1 aromatic heterocycles. The van der Waals surface area contributed by atoms with Crippen molar-refractivity contribution < 1.29 is 9.53 Å². The van der Waals surface area contributed by atoms with Crippen LogP contribution in [0.1, 0.15) is 67.5 Å². The first-order valence-electron chi connectivity index (χ1n) is 13.5. The molecule has 0 radical (unpaired) electrons. The van der Waals surface area contributed by atoms with Crippen LogP contribution in [-0.4, -0.2) is 28.6 Å². The number of amides is 1. The molecule has 0 bridgehead atoms. The number of carbonyl (C=O) groups is 1. The van der Waals surface area contributed by atoms with Crippen molar-refractivity contribution in [2.75, 3.05) is 18.1 Å². The highest BCUT2D eigenvalue weighted by Crippen LogP contribution is 2.35. The number of para-hydroxylation sites is 2. The Kier molecular flexibility index (Phi) is 7.31. The third-order valence-corrected chi connectivity index (χ3v) is 7.63. The van der Waals surface area contributed by atoms with Crippen LogP contribution in [0.4, 0.5) is 5.69 Å². The Morgan fingerprint density at radius 1 is 0.973 bits per heavy atom. The van der Waals surface area contributed by atoms with Gasteiger partial charge in [-0.3, -0.25) is 4.79 Å². The summed E-state index contributed by atoms with van der Waals surface area (Å²) < 4.78 is 8.33. The predicted molar refractivity (Wildman–Crippen MR) is 151 cm³/mol. The molecule has 5 rings (SSSR count). The summed E-state index contributed by atoms with van der Waals surface area (Å²) in [6.45, 7) is 10.8. The fraction of sp³-hybridized carbons (Fsp3) is 0.375. The van der Waals surface area contributed by atoms with Gasteiger partial charge in [-0.25, -0.2) is 4.98 Å². The van der Waals surface area contributed by atoms with Crippen molar-refractivity contribution in [3.63, 3.8) is 0 Å². The molecular formula is C32H37N3O2. The van der Waals surface area contributed by atoms with E-state index in [-0.39, 0.29) is 11.8 Å². The number of hydrogen-bond donors (Lipinski definition) is 0. The molecule has 1 amide bonds. The van der Waals surface area contributed by atoms with E-state index < -0.39 is 0 Å². The van der Waals surface area contributed by atoms with Crippen LogP contribution >= 0.6 is 0 Å². The monoisotopic (exact) mass is 495 g/mol. The van der Waals surface area contributed by atoms with Crippen molar-refractivity contribution in [3.8, 4) is 5.75 Å².